The standard InChI is InChI=1S/C31H36N2O4S3/c1-37-28-14-8-13-27(21-28)22-33(40(35,36)25-26-11-4-2-5-12-26)18-7-3-6-17-31(34)32(23-29-15-9-19-38-29)24-30-16-10-20-39-30/h2,4-5,8-16,19-21H,3,6-7,17-18,22-25H2,1H3. The molecule has 40 heavy (non-hydrogen) atoms. The van der Waals surface area contributed by atoms with Crippen LogP contribution in [0.1, 0.15) is 46.6 Å². The van der Waals surface area contributed by atoms with Gasteiger partial charge in [0, 0.05) is 29.3 Å². The van der Waals surface area contributed by atoms with Crippen LogP contribution in [-0.4, -0.2) is 37.2 Å². The van der Waals surface area contributed by atoms with Gasteiger partial charge in [0.1, 0.15) is 5.75 Å². The Bertz CT molecular complexity index is 1370. The van der Waals surface area contributed by atoms with E-state index in [0.717, 1.165) is 24.0 Å². The number of hydrogen-bond acceptors (Lipinski definition) is 6. The van der Waals surface area contributed by atoms with Crippen LogP contribution in [0.2, 0.25) is 0 Å². The number of carbonyl (C=O) groups excluding carboxylic acids is 1. The zero-order chi connectivity index (χ0) is 28.2. The first-order valence-electron chi connectivity index (χ1n) is 13.4. The Morgan fingerprint density at radius 2 is 1.45 bits per heavy atom. The molecular formula is C31H36N2O4S3. The van der Waals surface area contributed by atoms with E-state index in [2.05, 4.69) is 12.1 Å². The number of carbonyl (C=O) groups is 1. The van der Waals surface area contributed by atoms with Gasteiger partial charge in [0.05, 0.1) is 26.0 Å². The maximum Gasteiger partial charge on any atom is 0.223 e. The molecule has 0 atom stereocenters. The fraction of sp³-hybridized carbons (Fsp3) is 0.323. The Kier molecular flexibility index (Phi) is 11.3. The summed E-state index contributed by atoms with van der Waals surface area (Å²) in [6, 6.07) is 24.9. The molecule has 0 fully saturated rings. The molecule has 1 amide bonds. The average Bonchev–Trinajstić information content (AvgIpc) is 3.67. The summed E-state index contributed by atoms with van der Waals surface area (Å²) in [6.07, 6.45) is 2.62. The number of rotatable bonds is 16. The Labute approximate surface area is 245 Å². The van der Waals surface area contributed by atoms with E-state index >= 15 is 0 Å². The van der Waals surface area contributed by atoms with E-state index in [1.165, 1.54) is 9.75 Å². The van der Waals surface area contributed by atoms with E-state index in [-0.39, 0.29) is 18.2 Å². The molecule has 4 aromatic rings. The summed E-state index contributed by atoms with van der Waals surface area (Å²) >= 11 is 3.32. The van der Waals surface area contributed by atoms with Crippen molar-refractivity contribution in [2.45, 2.75) is 51.1 Å². The molecule has 2 aromatic carbocycles. The van der Waals surface area contributed by atoms with Crippen LogP contribution in [0.4, 0.5) is 0 Å². The van der Waals surface area contributed by atoms with Crippen LogP contribution >= 0.6 is 22.7 Å². The summed E-state index contributed by atoms with van der Waals surface area (Å²) in [6.45, 7) is 1.90. The van der Waals surface area contributed by atoms with Gasteiger partial charge in [0.2, 0.25) is 15.9 Å². The minimum atomic E-state index is -3.55. The molecule has 2 aromatic heterocycles. The van der Waals surface area contributed by atoms with Crippen molar-refractivity contribution in [1.82, 2.24) is 9.21 Å². The predicted octanol–water partition coefficient (Wildman–Crippen LogP) is 6.94. The van der Waals surface area contributed by atoms with Crippen molar-refractivity contribution in [3.8, 4) is 5.75 Å². The zero-order valence-corrected chi connectivity index (χ0v) is 25.2. The smallest absolute Gasteiger partial charge is 0.223 e. The molecule has 0 unspecified atom stereocenters. The number of hydrogen-bond donors (Lipinski definition) is 0. The summed E-state index contributed by atoms with van der Waals surface area (Å²) in [5.41, 5.74) is 1.64. The Morgan fingerprint density at radius 3 is 2.08 bits per heavy atom. The van der Waals surface area contributed by atoms with E-state index in [4.69, 9.17) is 4.74 Å². The second-order valence-corrected chi connectivity index (χ2v) is 13.7. The molecule has 6 nitrogen and oxygen atoms in total. The van der Waals surface area contributed by atoms with Gasteiger partial charge in [0.25, 0.3) is 0 Å². The number of sulfonamides is 1. The molecule has 0 N–H and O–H groups in total. The zero-order valence-electron chi connectivity index (χ0n) is 22.8. The van der Waals surface area contributed by atoms with Crippen molar-refractivity contribution in [2.24, 2.45) is 0 Å². The number of unbranched alkanes of at least 4 members (excludes halogenated alkanes) is 2. The third kappa shape index (κ3) is 9.30. The van der Waals surface area contributed by atoms with Crippen LogP contribution < -0.4 is 4.74 Å². The van der Waals surface area contributed by atoms with Gasteiger partial charge in [0.15, 0.2) is 0 Å². The highest BCUT2D eigenvalue weighted by Gasteiger charge is 2.23. The maximum absolute atomic E-state index is 13.5. The van der Waals surface area contributed by atoms with Gasteiger partial charge in [-0.2, -0.15) is 4.31 Å². The number of methoxy groups -OCH3 is 1. The Balaban J connectivity index is 1.34. The second-order valence-electron chi connectivity index (χ2n) is 9.65. The molecule has 0 aliphatic heterocycles. The van der Waals surface area contributed by atoms with Crippen molar-refractivity contribution in [1.29, 1.82) is 0 Å². The maximum atomic E-state index is 13.5. The summed E-state index contributed by atoms with van der Waals surface area (Å²) < 4.78 is 33.8. The van der Waals surface area contributed by atoms with Gasteiger partial charge in [-0.25, -0.2) is 8.42 Å². The number of benzene rings is 2. The number of nitrogens with zero attached hydrogens (tertiary/aromatic N) is 2. The first-order chi connectivity index (χ1) is 19.4. The molecule has 9 heteroatoms. The van der Waals surface area contributed by atoms with Crippen LogP contribution in [0.15, 0.2) is 89.6 Å². The molecule has 4 rings (SSSR count). The molecular weight excluding hydrogens is 561 g/mol. The molecule has 0 aliphatic rings. The number of thiophene rings is 2. The van der Waals surface area contributed by atoms with Crippen LogP contribution in [0, 0.1) is 0 Å². The van der Waals surface area contributed by atoms with Crippen molar-refractivity contribution in [3.63, 3.8) is 0 Å². The molecule has 2 heterocycles. The molecule has 0 saturated carbocycles. The monoisotopic (exact) mass is 596 g/mol. The van der Waals surface area contributed by atoms with E-state index in [9.17, 15) is 13.2 Å². The van der Waals surface area contributed by atoms with Crippen molar-refractivity contribution < 1.29 is 17.9 Å². The Hall–Kier alpha value is -2.98. The highest BCUT2D eigenvalue weighted by atomic mass is 32.2. The first-order valence-corrected chi connectivity index (χ1v) is 16.8. The van der Waals surface area contributed by atoms with Gasteiger partial charge in [-0.1, -0.05) is 61.0 Å². The van der Waals surface area contributed by atoms with Gasteiger partial charge in [-0.05, 0) is 59.0 Å². The van der Waals surface area contributed by atoms with Crippen molar-refractivity contribution in [3.05, 3.63) is 111 Å². The lowest BCUT2D eigenvalue weighted by molar-refractivity contribution is -0.132. The third-order valence-corrected chi connectivity index (χ3v) is 10.1. The van der Waals surface area contributed by atoms with Gasteiger partial charge in [-0.15, -0.1) is 22.7 Å². The van der Waals surface area contributed by atoms with Crippen LogP contribution in [0.5, 0.6) is 5.75 Å². The van der Waals surface area contributed by atoms with E-state index < -0.39 is 10.0 Å². The number of ether oxygens (including phenoxy) is 1. The average molecular weight is 597 g/mol. The summed E-state index contributed by atoms with van der Waals surface area (Å²) in [4.78, 5) is 17.4. The second kappa shape index (κ2) is 15.1. The molecule has 0 aliphatic carbocycles. The van der Waals surface area contributed by atoms with Crippen LogP contribution in [0.3, 0.4) is 0 Å². The summed E-state index contributed by atoms with van der Waals surface area (Å²) in [5.74, 6) is 0.786. The quantitative estimate of drug-likeness (QED) is 0.131. The van der Waals surface area contributed by atoms with Crippen LogP contribution in [0.25, 0.3) is 0 Å². The van der Waals surface area contributed by atoms with Gasteiger partial charge < -0.3 is 9.64 Å². The normalized spacial score (nSPS) is 11.6. The lowest BCUT2D eigenvalue weighted by atomic mass is 10.1. The molecule has 0 saturated heterocycles. The van der Waals surface area contributed by atoms with Gasteiger partial charge in [-0.3, -0.25) is 4.79 Å². The molecule has 0 radical (unpaired) electrons. The Morgan fingerprint density at radius 1 is 0.775 bits per heavy atom. The fourth-order valence-corrected chi connectivity index (χ4v) is 7.47. The lowest BCUT2D eigenvalue weighted by Gasteiger charge is -2.23. The minimum Gasteiger partial charge on any atom is -0.497 e. The van der Waals surface area contributed by atoms with E-state index in [1.54, 1.807) is 34.1 Å². The van der Waals surface area contributed by atoms with Gasteiger partial charge >= 0.3 is 0 Å². The van der Waals surface area contributed by atoms with E-state index in [0.29, 0.717) is 38.2 Å². The highest BCUT2D eigenvalue weighted by molar-refractivity contribution is 7.88. The molecule has 0 spiro atoms. The minimum absolute atomic E-state index is 0.0449. The number of amides is 1. The summed E-state index contributed by atoms with van der Waals surface area (Å²) in [7, 11) is -1.95. The fourth-order valence-electron chi connectivity index (χ4n) is 4.48. The third-order valence-electron chi connectivity index (χ3n) is 6.58. The largest absolute Gasteiger partial charge is 0.497 e. The van der Waals surface area contributed by atoms with Crippen LogP contribution in [-0.2, 0) is 40.2 Å². The lowest BCUT2D eigenvalue weighted by Crippen LogP contribution is -2.33. The molecule has 0 bridgehead atoms. The topological polar surface area (TPSA) is 66.9 Å². The predicted molar refractivity (Wildman–Crippen MR) is 164 cm³/mol. The highest BCUT2D eigenvalue weighted by Crippen LogP contribution is 2.21. The SMILES string of the molecule is COc1cccc(CN(CCCCCC(=O)N(Cc2cccs2)Cc2cccs2)S(=O)(=O)Cc2ccccc2)c1. The summed E-state index contributed by atoms with van der Waals surface area (Å²) in [5, 5.41) is 4.07. The van der Waals surface area contributed by atoms with Crippen molar-refractivity contribution in [2.75, 3.05) is 13.7 Å². The van der Waals surface area contributed by atoms with Crippen molar-refractivity contribution >= 4 is 38.6 Å². The molecule has 212 valence electrons. The van der Waals surface area contributed by atoms with E-state index in [1.807, 2.05) is 82.4 Å². The first kappa shape index (κ1) is 30.0.